The van der Waals surface area contributed by atoms with Crippen LogP contribution in [0.15, 0.2) is 66.9 Å². The summed E-state index contributed by atoms with van der Waals surface area (Å²) in [4.78, 5) is 29.3. The molecule has 0 amide bonds. The Hall–Kier alpha value is -3.47. The second kappa shape index (κ2) is 12.9. The van der Waals surface area contributed by atoms with E-state index in [9.17, 15) is 9.59 Å². The Morgan fingerprint density at radius 1 is 0.658 bits per heavy atom. The monoisotopic (exact) mass is 515 g/mol. The lowest BCUT2D eigenvalue weighted by molar-refractivity contribution is 0.0490. The lowest BCUT2D eigenvalue weighted by Gasteiger charge is -2.19. The second-order valence-electron chi connectivity index (χ2n) is 11.7. The van der Waals surface area contributed by atoms with Crippen LogP contribution in [0.4, 0.5) is 0 Å². The molecule has 0 unspecified atom stereocenters. The van der Waals surface area contributed by atoms with Gasteiger partial charge in [-0.05, 0) is 83.5 Å². The van der Waals surface area contributed by atoms with Gasteiger partial charge in [0.05, 0.1) is 24.3 Å². The molecule has 5 heteroatoms. The molecule has 0 saturated carbocycles. The molecule has 0 aliphatic heterocycles. The summed E-state index contributed by atoms with van der Waals surface area (Å²) < 4.78 is 11.0. The number of ether oxygens (including phenoxy) is 2. The van der Waals surface area contributed by atoms with Crippen LogP contribution in [-0.4, -0.2) is 30.1 Å². The molecule has 38 heavy (non-hydrogen) atoms. The summed E-state index contributed by atoms with van der Waals surface area (Å²) in [6.45, 7) is 13.6. The Labute approximate surface area is 227 Å². The van der Waals surface area contributed by atoms with Crippen molar-refractivity contribution in [3.8, 4) is 0 Å². The number of hydrogen-bond acceptors (Lipinski definition) is 5. The largest absolute Gasteiger partial charge is 0.462 e. The topological polar surface area (TPSA) is 65.5 Å². The van der Waals surface area contributed by atoms with Crippen molar-refractivity contribution in [2.45, 2.75) is 78.1 Å². The fourth-order valence-corrected chi connectivity index (χ4v) is 4.14. The van der Waals surface area contributed by atoms with E-state index in [-0.39, 0.29) is 22.8 Å². The first-order valence-electron chi connectivity index (χ1n) is 13.4. The highest BCUT2D eigenvalue weighted by atomic mass is 16.5. The molecule has 0 saturated heterocycles. The molecular formula is C33H41NO4. The van der Waals surface area contributed by atoms with Gasteiger partial charge < -0.3 is 9.47 Å². The zero-order valence-corrected chi connectivity index (χ0v) is 23.7. The summed E-state index contributed by atoms with van der Waals surface area (Å²) >= 11 is 0. The van der Waals surface area contributed by atoms with Gasteiger partial charge in [0.25, 0.3) is 0 Å². The number of carbonyl (C=O) groups excluding carboxylic acids is 2. The molecule has 5 nitrogen and oxygen atoms in total. The van der Waals surface area contributed by atoms with Crippen LogP contribution in [0.1, 0.15) is 97.5 Å². The van der Waals surface area contributed by atoms with Crippen LogP contribution in [0, 0.1) is 0 Å². The highest BCUT2D eigenvalue weighted by Gasteiger charge is 2.16. The van der Waals surface area contributed by atoms with Gasteiger partial charge in [-0.15, -0.1) is 0 Å². The van der Waals surface area contributed by atoms with E-state index in [0.29, 0.717) is 43.6 Å². The molecular weight excluding hydrogens is 474 g/mol. The SMILES string of the molecule is CC(C)(C)c1ccc(C(=O)OCCCc2cccnc2CCCOC(=O)c2ccc(C(C)(C)C)cc2)cc1. The van der Waals surface area contributed by atoms with Crippen molar-refractivity contribution in [2.24, 2.45) is 0 Å². The molecule has 1 heterocycles. The summed E-state index contributed by atoms with van der Waals surface area (Å²) in [5, 5.41) is 0. The summed E-state index contributed by atoms with van der Waals surface area (Å²) in [6, 6.07) is 19.2. The van der Waals surface area contributed by atoms with Gasteiger partial charge in [0.2, 0.25) is 0 Å². The van der Waals surface area contributed by atoms with Crippen molar-refractivity contribution in [1.29, 1.82) is 0 Å². The normalized spacial score (nSPS) is 11.7. The van der Waals surface area contributed by atoms with Crippen molar-refractivity contribution >= 4 is 11.9 Å². The summed E-state index contributed by atoms with van der Waals surface area (Å²) in [6.07, 6.45) is 4.66. The third-order valence-corrected chi connectivity index (χ3v) is 6.57. The fraction of sp³-hybridized carbons (Fsp3) is 0.424. The number of esters is 2. The van der Waals surface area contributed by atoms with E-state index in [1.807, 2.05) is 54.6 Å². The number of rotatable bonds is 10. The van der Waals surface area contributed by atoms with Crippen LogP contribution in [0.3, 0.4) is 0 Å². The minimum Gasteiger partial charge on any atom is -0.462 e. The molecule has 0 aliphatic carbocycles. The highest BCUT2D eigenvalue weighted by molar-refractivity contribution is 5.89. The number of pyridine rings is 1. The van der Waals surface area contributed by atoms with Crippen molar-refractivity contribution in [1.82, 2.24) is 4.98 Å². The molecule has 2 aromatic carbocycles. The van der Waals surface area contributed by atoms with E-state index in [4.69, 9.17) is 9.47 Å². The first-order chi connectivity index (χ1) is 17.9. The summed E-state index contributed by atoms with van der Waals surface area (Å²) in [7, 11) is 0. The predicted molar refractivity (Wildman–Crippen MR) is 152 cm³/mol. The predicted octanol–water partition coefficient (Wildman–Crippen LogP) is 7.26. The van der Waals surface area contributed by atoms with Crippen molar-refractivity contribution in [3.05, 3.63) is 100 Å². The highest BCUT2D eigenvalue weighted by Crippen LogP contribution is 2.23. The molecule has 202 valence electrons. The average Bonchev–Trinajstić information content (AvgIpc) is 2.88. The molecule has 3 aromatic rings. The smallest absolute Gasteiger partial charge is 0.338 e. The van der Waals surface area contributed by atoms with E-state index < -0.39 is 0 Å². The number of carbonyl (C=O) groups is 2. The van der Waals surface area contributed by atoms with Crippen LogP contribution >= 0.6 is 0 Å². The third kappa shape index (κ3) is 8.54. The van der Waals surface area contributed by atoms with Gasteiger partial charge in [0.15, 0.2) is 0 Å². The van der Waals surface area contributed by atoms with E-state index >= 15 is 0 Å². The fourth-order valence-electron chi connectivity index (χ4n) is 4.14. The zero-order chi connectivity index (χ0) is 27.8. The van der Waals surface area contributed by atoms with Gasteiger partial charge >= 0.3 is 11.9 Å². The molecule has 0 aliphatic rings. The van der Waals surface area contributed by atoms with E-state index in [0.717, 1.165) is 17.7 Å². The molecule has 1 aromatic heterocycles. The Kier molecular flexibility index (Phi) is 9.84. The van der Waals surface area contributed by atoms with Crippen LogP contribution in [0.5, 0.6) is 0 Å². The maximum absolute atomic E-state index is 12.4. The standard InChI is InChI=1S/C33H41NO4/c1-32(2,3)27-17-13-25(14-18-27)30(35)37-22-8-11-24-10-7-21-34-29(24)12-9-23-38-31(36)26-15-19-28(20-16-26)33(4,5)6/h7,10,13-21H,8-9,11-12,22-23H2,1-6H3. The van der Waals surface area contributed by atoms with Crippen molar-refractivity contribution in [3.63, 3.8) is 0 Å². The molecule has 3 rings (SSSR count). The first-order valence-corrected chi connectivity index (χ1v) is 13.4. The van der Waals surface area contributed by atoms with Crippen LogP contribution < -0.4 is 0 Å². The van der Waals surface area contributed by atoms with Gasteiger partial charge in [-0.25, -0.2) is 9.59 Å². The number of aryl methyl sites for hydroxylation is 2. The quantitative estimate of drug-likeness (QED) is 0.210. The van der Waals surface area contributed by atoms with Crippen molar-refractivity contribution < 1.29 is 19.1 Å². The Bertz CT molecular complexity index is 1100. The number of aromatic nitrogens is 1. The molecule has 0 radical (unpaired) electrons. The van der Waals surface area contributed by atoms with Gasteiger partial charge in [0.1, 0.15) is 0 Å². The van der Waals surface area contributed by atoms with E-state index in [2.05, 4.69) is 52.6 Å². The first kappa shape index (κ1) is 29.1. The van der Waals surface area contributed by atoms with Crippen molar-refractivity contribution in [2.75, 3.05) is 13.2 Å². The molecule has 0 N–H and O–H groups in total. The minimum atomic E-state index is -0.304. The maximum Gasteiger partial charge on any atom is 0.338 e. The lowest BCUT2D eigenvalue weighted by atomic mass is 9.87. The van der Waals surface area contributed by atoms with Crippen LogP contribution in [-0.2, 0) is 33.1 Å². The number of hydrogen-bond donors (Lipinski definition) is 0. The third-order valence-electron chi connectivity index (χ3n) is 6.57. The summed E-state index contributed by atoms with van der Waals surface area (Å²) in [5.74, 6) is -0.603. The summed E-state index contributed by atoms with van der Waals surface area (Å²) in [5.41, 5.74) is 5.71. The zero-order valence-electron chi connectivity index (χ0n) is 23.7. The number of nitrogens with zero attached hydrogens (tertiary/aromatic N) is 1. The van der Waals surface area contributed by atoms with E-state index in [1.165, 1.54) is 11.1 Å². The molecule has 0 bridgehead atoms. The Morgan fingerprint density at radius 2 is 1.11 bits per heavy atom. The average molecular weight is 516 g/mol. The number of benzene rings is 2. The lowest BCUT2D eigenvalue weighted by Crippen LogP contribution is -2.12. The Morgan fingerprint density at radius 3 is 1.55 bits per heavy atom. The van der Waals surface area contributed by atoms with Gasteiger partial charge in [-0.1, -0.05) is 71.9 Å². The molecule has 0 atom stereocenters. The molecule has 0 fully saturated rings. The van der Waals surface area contributed by atoms with Gasteiger partial charge in [-0.2, -0.15) is 0 Å². The minimum absolute atomic E-state index is 0.0445. The van der Waals surface area contributed by atoms with Crippen LogP contribution in [0.25, 0.3) is 0 Å². The Balaban J connectivity index is 1.41. The van der Waals surface area contributed by atoms with E-state index in [1.54, 1.807) is 6.20 Å². The van der Waals surface area contributed by atoms with Gasteiger partial charge in [-0.3, -0.25) is 4.98 Å². The second-order valence-corrected chi connectivity index (χ2v) is 11.7. The van der Waals surface area contributed by atoms with Gasteiger partial charge in [0, 0.05) is 11.9 Å². The molecule has 0 spiro atoms. The van der Waals surface area contributed by atoms with Crippen LogP contribution in [0.2, 0.25) is 0 Å². The maximum atomic E-state index is 12.4.